The molecule has 1 nitrogen and oxygen atoms in total. The van der Waals surface area contributed by atoms with Crippen LogP contribution in [0.5, 0.6) is 0 Å². The Morgan fingerprint density at radius 2 is 2.12 bits per heavy atom. The monoisotopic (exact) mass is 329 g/mol. The van der Waals surface area contributed by atoms with E-state index in [0.717, 1.165) is 20.1 Å². The van der Waals surface area contributed by atoms with E-state index >= 15 is 0 Å². The molecule has 1 aromatic carbocycles. The summed E-state index contributed by atoms with van der Waals surface area (Å²) in [7, 11) is 0. The van der Waals surface area contributed by atoms with Crippen LogP contribution in [0.2, 0.25) is 5.02 Å². The van der Waals surface area contributed by atoms with Gasteiger partial charge >= 0.3 is 0 Å². The van der Waals surface area contributed by atoms with E-state index in [9.17, 15) is 0 Å². The molecular formula is C13H13BrClNS. The van der Waals surface area contributed by atoms with Crippen molar-refractivity contribution in [2.24, 2.45) is 5.73 Å². The van der Waals surface area contributed by atoms with Crippen molar-refractivity contribution in [1.29, 1.82) is 0 Å². The highest BCUT2D eigenvalue weighted by molar-refractivity contribution is 9.11. The molecule has 1 unspecified atom stereocenters. The van der Waals surface area contributed by atoms with E-state index in [1.54, 1.807) is 11.3 Å². The van der Waals surface area contributed by atoms with Crippen molar-refractivity contribution in [3.8, 4) is 0 Å². The quantitative estimate of drug-likeness (QED) is 0.866. The van der Waals surface area contributed by atoms with Crippen LogP contribution in [-0.2, 0) is 6.42 Å². The Labute approximate surface area is 119 Å². The van der Waals surface area contributed by atoms with Gasteiger partial charge in [-0.2, -0.15) is 0 Å². The second-order valence-electron chi connectivity index (χ2n) is 4.01. The number of rotatable bonds is 3. The third-order valence-electron chi connectivity index (χ3n) is 2.73. The highest BCUT2D eigenvalue weighted by Gasteiger charge is 2.13. The lowest BCUT2D eigenvalue weighted by Gasteiger charge is -2.11. The number of hydrogen-bond acceptors (Lipinski definition) is 2. The molecule has 4 heteroatoms. The first-order valence-corrected chi connectivity index (χ1v) is 7.31. The maximum atomic E-state index is 6.21. The first kappa shape index (κ1) is 13.1. The van der Waals surface area contributed by atoms with Crippen molar-refractivity contribution in [3.05, 3.63) is 55.1 Å². The Kier molecular flexibility index (Phi) is 4.26. The lowest BCUT2D eigenvalue weighted by Crippen LogP contribution is -2.12. The Morgan fingerprint density at radius 3 is 2.71 bits per heavy atom. The van der Waals surface area contributed by atoms with Gasteiger partial charge in [-0.05, 0) is 46.5 Å². The van der Waals surface area contributed by atoms with Crippen LogP contribution in [0.3, 0.4) is 0 Å². The summed E-state index contributed by atoms with van der Waals surface area (Å²) >= 11 is 11.0. The van der Waals surface area contributed by atoms with Gasteiger partial charge in [-0.3, -0.25) is 0 Å². The van der Waals surface area contributed by atoms with Crippen molar-refractivity contribution in [1.82, 2.24) is 0 Å². The number of aryl methyl sites for hydroxylation is 1. The van der Waals surface area contributed by atoms with E-state index in [0.29, 0.717) is 0 Å². The van der Waals surface area contributed by atoms with E-state index in [-0.39, 0.29) is 6.04 Å². The van der Waals surface area contributed by atoms with Crippen LogP contribution in [0.4, 0.5) is 0 Å². The zero-order valence-electron chi connectivity index (χ0n) is 9.41. The van der Waals surface area contributed by atoms with Crippen LogP contribution in [0.1, 0.15) is 22.0 Å². The first-order chi connectivity index (χ1) is 8.08. The predicted molar refractivity (Wildman–Crippen MR) is 78.8 cm³/mol. The molecule has 0 spiro atoms. The molecule has 2 N–H and O–H groups in total. The van der Waals surface area contributed by atoms with Gasteiger partial charge in [0.15, 0.2) is 0 Å². The van der Waals surface area contributed by atoms with Gasteiger partial charge in [0.25, 0.3) is 0 Å². The van der Waals surface area contributed by atoms with Crippen LogP contribution in [0, 0.1) is 6.92 Å². The van der Waals surface area contributed by atoms with Gasteiger partial charge in [-0.15, -0.1) is 11.3 Å². The molecule has 0 fully saturated rings. The number of thiophene rings is 1. The zero-order valence-corrected chi connectivity index (χ0v) is 12.6. The summed E-state index contributed by atoms with van der Waals surface area (Å²) in [6.07, 6.45) is 0.843. The zero-order chi connectivity index (χ0) is 12.4. The van der Waals surface area contributed by atoms with Crippen molar-refractivity contribution in [2.45, 2.75) is 19.4 Å². The second kappa shape index (κ2) is 5.53. The molecule has 0 radical (unpaired) electrons. The van der Waals surface area contributed by atoms with E-state index in [2.05, 4.69) is 35.0 Å². The van der Waals surface area contributed by atoms with E-state index in [4.69, 9.17) is 17.3 Å². The van der Waals surface area contributed by atoms with E-state index in [1.807, 2.05) is 18.2 Å². The number of nitrogens with two attached hydrogens (primary N) is 1. The van der Waals surface area contributed by atoms with E-state index in [1.165, 1.54) is 11.1 Å². The average Bonchev–Trinajstić information content (AvgIpc) is 2.63. The standard InChI is InChI=1S/C13H13BrClNS/c1-8-4-2-3-5-9(8)6-11(16)12-7-10(15)13(14)17-12/h2-5,7,11H,6,16H2,1H3. The highest BCUT2D eigenvalue weighted by Crippen LogP contribution is 2.35. The Morgan fingerprint density at radius 1 is 1.41 bits per heavy atom. The molecule has 0 amide bonds. The molecule has 0 aliphatic rings. The maximum absolute atomic E-state index is 6.21. The Balaban J connectivity index is 2.17. The molecule has 2 rings (SSSR count). The van der Waals surface area contributed by atoms with Gasteiger partial charge in [0.2, 0.25) is 0 Å². The average molecular weight is 331 g/mol. The fourth-order valence-electron chi connectivity index (χ4n) is 1.72. The predicted octanol–water partition coefficient (Wildman–Crippen LogP) is 4.71. The summed E-state index contributed by atoms with van der Waals surface area (Å²) in [5, 5.41) is 0.741. The second-order valence-corrected chi connectivity index (χ2v) is 6.82. The van der Waals surface area contributed by atoms with E-state index < -0.39 is 0 Å². The Hall–Kier alpha value is -0.350. The lowest BCUT2D eigenvalue weighted by atomic mass is 10.0. The van der Waals surface area contributed by atoms with Gasteiger partial charge in [-0.1, -0.05) is 35.9 Å². The molecule has 17 heavy (non-hydrogen) atoms. The normalized spacial score (nSPS) is 12.7. The van der Waals surface area contributed by atoms with Crippen LogP contribution in [0.25, 0.3) is 0 Å². The van der Waals surface area contributed by atoms with Crippen molar-refractivity contribution >= 4 is 38.9 Å². The minimum Gasteiger partial charge on any atom is -0.323 e. The summed E-state index contributed by atoms with van der Waals surface area (Å²) in [5.41, 5.74) is 8.78. The maximum Gasteiger partial charge on any atom is 0.0887 e. The first-order valence-electron chi connectivity index (χ1n) is 5.32. The molecule has 0 aliphatic carbocycles. The SMILES string of the molecule is Cc1ccccc1CC(N)c1cc(Cl)c(Br)s1. The molecular weight excluding hydrogens is 318 g/mol. The van der Waals surface area contributed by atoms with Crippen molar-refractivity contribution in [2.75, 3.05) is 0 Å². The summed E-state index contributed by atoms with van der Waals surface area (Å²) in [6, 6.07) is 10.3. The van der Waals surface area contributed by atoms with Gasteiger partial charge in [-0.25, -0.2) is 0 Å². The van der Waals surface area contributed by atoms with Crippen molar-refractivity contribution in [3.63, 3.8) is 0 Å². The topological polar surface area (TPSA) is 26.0 Å². The molecule has 0 bridgehead atoms. The number of hydrogen-bond donors (Lipinski definition) is 1. The highest BCUT2D eigenvalue weighted by atomic mass is 79.9. The molecule has 0 aliphatic heterocycles. The molecule has 0 saturated heterocycles. The largest absolute Gasteiger partial charge is 0.323 e. The van der Waals surface area contributed by atoms with Crippen LogP contribution < -0.4 is 5.73 Å². The molecule has 1 atom stereocenters. The van der Waals surface area contributed by atoms with Gasteiger partial charge in [0.05, 0.1) is 8.81 Å². The third-order valence-corrected chi connectivity index (χ3v) is 5.34. The minimum atomic E-state index is 0.00454. The number of halogens is 2. The molecule has 1 heterocycles. The third kappa shape index (κ3) is 3.10. The van der Waals surface area contributed by atoms with Crippen molar-refractivity contribution < 1.29 is 0 Å². The fourth-order valence-corrected chi connectivity index (χ4v) is 3.47. The number of benzene rings is 1. The minimum absolute atomic E-state index is 0.00454. The van der Waals surface area contributed by atoms with Gasteiger partial charge in [0.1, 0.15) is 0 Å². The summed E-state index contributed by atoms with van der Waals surface area (Å²) in [4.78, 5) is 1.12. The van der Waals surface area contributed by atoms with Gasteiger partial charge in [0, 0.05) is 10.9 Å². The van der Waals surface area contributed by atoms with Crippen LogP contribution in [0.15, 0.2) is 34.1 Å². The summed E-state index contributed by atoms with van der Waals surface area (Å²) in [5.74, 6) is 0. The van der Waals surface area contributed by atoms with Crippen LogP contribution in [-0.4, -0.2) is 0 Å². The molecule has 2 aromatic rings. The lowest BCUT2D eigenvalue weighted by molar-refractivity contribution is 0.733. The summed E-state index contributed by atoms with van der Waals surface area (Å²) in [6.45, 7) is 2.11. The summed E-state index contributed by atoms with van der Waals surface area (Å²) < 4.78 is 0.953. The van der Waals surface area contributed by atoms with Gasteiger partial charge < -0.3 is 5.73 Å². The molecule has 90 valence electrons. The fraction of sp³-hybridized carbons (Fsp3) is 0.231. The van der Waals surface area contributed by atoms with Crippen LogP contribution >= 0.6 is 38.9 Å². The molecule has 1 aromatic heterocycles. The smallest absolute Gasteiger partial charge is 0.0887 e. The molecule has 0 saturated carbocycles. The Bertz CT molecular complexity index is 504.